The van der Waals surface area contributed by atoms with Crippen molar-refractivity contribution in [2.45, 2.75) is 38.3 Å². The van der Waals surface area contributed by atoms with Crippen molar-refractivity contribution in [2.24, 2.45) is 5.92 Å². The van der Waals surface area contributed by atoms with Gasteiger partial charge in [0.1, 0.15) is 0 Å². The Bertz CT molecular complexity index is 664. The molecule has 3 nitrogen and oxygen atoms in total. The molecule has 1 aromatic carbocycles. The fourth-order valence-corrected chi connectivity index (χ4v) is 3.80. The first-order chi connectivity index (χ1) is 11.2. The Kier molecular flexibility index (Phi) is 5.09. The van der Waals surface area contributed by atoms with Crippen molar-refractivity contribution < 1.29 is 5.11 Å². The highest BCUT2D eigenvalue weighted by Gasteiger charge is 2.30. The van der Waals surface area contributed by atoms with Gasteiger partial charge in [-0.25, -0.2) is 0 Å². The quantitative estimate of drug-likeness (QED) is 0.850. The van der Waals surface area contributed by atoms with Gasteiger partial charge in [0, 0.05) is 24.2 Å². The fraction of sp³-hybridized carbons (Fsp3) is 0.450. The van der Waals surface area contributed by atoms with Crippen LogP contribution in [0, 0.1) is 5.92 Å². The number of aromatic nitrogens is 1. The molecular weight excluding hydrogens is 284 g/mol. The second-order valence-corrected chi connectivity index (χ2v) is 6.47. The van der Waals surface area contributed by atoms with E-state index in [0.29, 0.717) is 5.92 Å². The standard InChI is InChI=1S/C20H26N2O/c1-3-15-8-7-13-22(14-15)19(4-2)20(23)17-11-12-21-18-10-6-5-9-16(17)18/h3,5-6,9-12,15,19-20,23H,1,4,7-8,13-14H2,2H3/t15-,19+,20-/m1/s1. The molecule has 0 radical (unpaired) electrons. The Balaban J connectivity index is 1.89. The molecule has 23 heavy (non-hydrogen) atoms. The average Bonchev–Trinajstić information content (AvgIpc) is 2.62. The van der Waals surface area contributed by atoms with E-state index in [4.69, 9.17) is 0 Å². The number of para-hydroxylation sites is 1. The molecule has 0 saturated carbocycles. The van der Waals surface area contributed by atoms with Gasteiger partial charge in [-0.1, -0.05) is 31.2 Å². The van der Waals surface area contributed by atoms with Crippen molar-refractivity contribution in [3.05, 3.63) is 54.7 Å². The topological polar surface area (TPSA) is 36.4 Å². The number of hydrogen-bond acceptors (Lipinski definition) is 3. The zero-order chi connectivity index (χ0) is 16.2. The van der Waals surface area contributed by atoms with E-state index >= 15 is 0 Å². The summed E-state index contributed by atoms with van der Waals surface area (Å²) in [6.45, 7) is 8.17. The average molecular weight is 310 g/mol. The van der Waals surface area contributed by atoms with Crippen molar-refractivity contribution in [2.75, 3.05) is 13.1 Å². The summed E-state index contributed by atoms with van der Waals surface area (Å²) in [7, 11) is 0. The number of pyridine rings is 1. The molecule has 122 valence electrons. The highest BCUT2D eigenvalue weighted by Crippen LogP contribution is 2.31. The zero-order valence-electron chi connectivity index (χ0n) is 13.9. The van der Waals surface area contributed by atoms with E-state index < -0.39 is 6.10 Å². The normalized spacial score (nSPS) is 21.9. The van der Waals surface area contributed by atoms with Crippen LogP contribution in [-0.2, 0) is 0 Å². The molecule has 1 fully saturated rings. The van der Waals surface area contributed by atoms with Crippen molar-refractivity contribution in [1.29, 1.82) is 0 Å². The molecule has 1 N–H and O–H groups in total. The second-order valence-electron chi connectivity index (χ2n) is 6.47. The molecule has 2 aromatic rings. The summed E-state index contributed by atoms with van der Waals surface area (Å²) in [6.07, 6.45) is 6.70. The van der Waals surface area contributed by atoms with E-state index in [2.05, 4.69) is 35.5 Å². The SMILES string of the molecule is C=C[C@@H]1CCCN([C@@H](CC)[C@H](O)c2ccnc3ccccc23)C1. The molecule has 3 rings (SSSR count). The van der Waals surface area contributed by atoms with Crippen LogP contribution in [0.15, 0.2) is 49.2 Å². The lowest BCUT2D eigenvalue weighted by molar-refractivity contribution is 0.0278. The Morgan fingerprint density at radius 1 is 1.39 bits per heavy atom. The summed E-state index contributed by atoms with van der Waals surface area (Å²) in [5.41, 5.74) is 1.93. The summed E-state index contributed by atoms with van der Waals surface area (Å²) in [5.74, 6) is 0.541. The number of rotatable bonds is 5. The van der Waals surface area contributed by atoms with Crippen LogP contribution in [0.25, 0.3) is 10.9 Å². The first-order valence-electron chi connectivity index (χ1n) is 8.63. The molecule has 0 amide bonds. The van der Waals surface area contributed by atoms with Crippen molar-refractivity contribution in [3.8, 4) is 0 Å². The number of benzene rings is 1. The molecule has 1 aliphatic heterocycles. The Morgan fingerprint density at radius 2 is 2.22 bits per heavy atom. The number of nitrogens with zero attached hydrogens (tertiary/aromatic N) is 2. The van der Waals surface area contributed by atoms with Gasteiger partial charge in [0.25, 0.3) is 0 Å². The predicted octanol–water partition coefficient (Wildman–Crippen LogP) is 3.94. The molecule has 0 bridgehead atoms. The van der Waals surface area contributed by atoms with Crippen LogP contribution in [0.5, 0.6) is 0 Å². The molecule has 0 spiro atoms. The first-order valence-corrected chi connectivity index (χ1v) is 8.63. The lowest BCUT2D eigenvalue weighted by atomic mass is 9.91. The number of aliphatic hydroxyl groups is 1. The van der Waals surface area contributed by atoms with Crippen LogP contribution in [-0.4, -0.2) is 34.1 Å². The summed E-state index contributed by atoms with van der Waals surface area (Å²) >= 11 is 0. The van der Waals surface area contributed by atoms with Crippen molar-refractivity contribution >= 4 is 10.9 Å². The Morgan fingerprint density at radius 3 is 3.00 bits per heavy atom. The van der Waals surface area contributed by atoms with Gasteiger partial charge in [0.2, 0.25) is 0 Å². The van der Waals surface area contributed by atoms with Gasteiger partial charge in [-0.15, -0.1) is 6.58 Å². The molecule has 0 aliphatic carbocycles. The van der Waals surface area contributed by atoms with Crippen molar-refractivity contribution in [3.63, 3.8) is 0 Å². The maximum atomic E-state index is 11.1. The van der Waals surface area contributed by atoms with E-state index in [0.717, 1.165) is 36.0 Å². The highest BCUT2D eigenvalue weighted by atomic mass is 16.3. The molecule has 3 heteroatoms. The second kappa shape index (κ2) is 7.24. The van der Waals surface area contributed by atoms with E-state index in [-0.39, 0.29) is 6.04 Å². The number of likely N-dealkylation sites (tertiary alicyclic amines) is 1. The van der Waals surface area contributed by atoms with Crippen LogP contribution >= 0.6 is 0 Å². The smallest absolute Gasteiger partial charge is 0.0952 e. The molecule has 1 aromatic heterocycles. The van der Waals surface area contributed by atoms with Crippen LogP contribution in [0.2, 0.25) is 0 Å². The van der Waals surface area contributed by atoms with Gasteiger partial charge in [0.15, 0.2) is 0 Å². The zero-order valence-corrected chi connectivity index (χ0v) is 13.9. The molecular formula is C20H26N2O. The Labute approximate surface area is 138 Å². The van der Waals surface area contributed by atoms with Crippen LogP contribution in [0.1, 0.15) is 37.9 Å². The number of fused-ring (bicyclic) bond motifs is 1. The monoisotopic (exact) mass is 310 g/mol. The largest absolute Gasteiger partial charge is 0.387 e. The third-order valence-electron chi connectivity index (χ3n) is 5.08. The number of hydrogen-bond donors (Lipinski definition) is 1. The van der Waals surface area contributed by atoms with Gasteiger partial charge in [-0.05, 0) is 49.4 Å². The summed E-state index contributed by atoms with van der Waals surface area (Å²) in [4.78, 5) is 6.85. The van der Waals surface area contributed by atoms with E-state index in [9.17, 15) is 5.11 Å². The maximum absolute atomic E-state index is 11.1. The van der Waals surface area contributed by atoms with Gasteiger partial charge < -0.3 is 5.11 Å². The van der Waals surface area contributed by atoms with E-state index in [1.165, 1.54) is 12.8 Å². The van der Waals surface area contributed by atoms with Gasteiger partial charge in [-0.3, -0.25) is 9.88 Å². The minimum atomic E-state index is -0.489. The lowest BCUT2D eigenvalue weighted by Gasteiger charge is -2.39. The van der Waals surface area contributed by atoms with Crippen LogP contribution < -0.4 is 0 Å². The van der Waals surface area contributed by atoms with Gasteiger partial charge >= 0.3 is 0 Å². The minimum absolute atomic E-state index is 0.142. The van der Waals surface area contributed by atoms with E-state index in [1.54, 1.807) is 6.20 Å². The van der Waals surface area contributed by atoms with E-state index in [1.807, 2.05) is 24.3 Å². The summed E-state index contributed by atoms with van der Waals surface area (Å²) in [6, 6.07) is 10.2. The predicted molar refractivity (Wildman–Crippen MR) is 95.3 cm³/mol. The summed E-state index contributed by atoms with van der Waals surface area (Å²) in [5, 5.41) is 12.1. The maximum Gasteiger partial charge on any atom is 0.0952 e. The van der Waals surface area contributed by atoms with Gasteiger partial charge in [0.05, 0.1) is 11.6 Å². The molecule has 1 saturated heterocycles. The lowest BCUT2D eigenvalue weighted by Crippen LogP contribution is -2.45. The number of piperidine rings is 1. The molecule has 2 heterocycles. The fourth-order valence-electron chi connectivity index (χ4n) is 3.80. The first kappa shape index (κ1) is 16.2. The van der Waals surface area contributed by atoms with Crippen molar-refractivity contribution in [1.82, 2.24) is 9.88 Å². The summed E-state index contributed by atoms with van der Waals surface area (Å²) < 4.78 is 0. The molecule has 0 unspecified atom stereocenters. The molecule has 1 aliphatic rings. The van der Waals surface area contributed by atoms with Gasteiger partial charge in [-0.2, -0.15) is 0 Å². The Hall–Kier alpha value is -1.71. The number of aliphatic hydroxyl groups excluding tert-OH is 1. The third kappa shape index (κ3) is 3.31. The third-order valence-corrected chi connectivity index (χ3v) is 5.08. The highest BCUT2D eigenvalue weighted by molar-refractivity contribution is 5.82. The minimum Gasteiger partial charge on any atom is -0.387 e. The molecule has 3 atom stereocenters. The van der Waals surface area contributed by atoms with Crippen LogP contribution in [0.3, 0.4) is 0 Å². The van der Waals surface area contributed by atoms with Crippen LogP contribution in [0.4, 0.5) is 0 Å².